The summed E-state index contributed by atoms with van der Waals surface area (Å²) in [7, 11) is 0. The average Bonchev–Trinajstić information content (AvgIpc) is 3.16. The second-order valence-corrected chi connectivity index (χ2v) is 6.35. The summed E-state index contributed by atoms with van der Waals surface area (Å²) >= 11 is 1.71. The molecule has 1 aromatic carbocycles. The minimum absolute atomic E-state index is 0.0823. The average molecular weight is 258 g/mol. The van der Waals surface area contributed by atoms with Crippen molar-refractivity contribution < 1.29 is 0 Å². The monoisotopic (exact) mass is 258 g/mol. The van der Waals surface area contributed by atoms with Crippen molar-refractivity contribution in [1.29, 1.82) is 0 Å². The molecule has 94 valence electrons. The van der Waals surface area contributed by atoms with Crippen LogP contribution in [0.5, 0.6) is 0 Å². The predicted octanol–water partition coefficient (Wildman–Crippen LogP) is 3.69. The van der Waals surface area contributed by atoms with Gasteiger partial charge in [-0.3, -0.25) is 0 Å². The van der Waals surface area contributed by atoms with Gasteiger partial charge in [0.15, 0.2) is 0 Å². The number of hydrogen-bond donors (Lipinski definition) is 1. The molecule has 1 unspecified atom stereocenters. The lowest BCUT2D eigenvalue weighted by Gasteiger charge is -2.10. The molecule has 2 N–H and O–H groups in total. The van der Waals surface area contributed by atoms with Gasteiger partial charge >= 0.3 is 0 Å². The van der Waals surface area contributed by atoms with Crippen LogP contribution in [-0.4, -0.2) is 4.98 Å². The van der Waals surface area contributed by atoms with Gasteiger partial charge in [0.2, 0.25) is 0 Å². The minimum Gasteiger partial charge on any atom is -0.318 e. The molecular weight excluding hydrogens is 240 g/mol. The maximum Gasteiger partial charge on any atom is 0.114 e. The normalized spacial score (nSPS) is 16.8. The van der Waals surface area contributed by atoms with Crippen LogP contribution in [0.25, 0.3) is 0 Å². The van der Waals surface area contributed by atoms with Crippen LogP contribution in [0.1, 0.15) is 51.5 Å². The third kappa shape index (κ3) is 2.20. The fraction of sp³-hybridized carbons (Fsp3) is 0.400. The summed E-state index contributed by atoms with van der Waals surface area (Å²) in [6.07, 6.45) is 2.66. The summed E-state index contributed by atoms with van der Waals surface area (Å²) in [5.74, 6) is 0.775. The van der Waals surface area contributed by atoms with Crippen molar-refractivity contribution in [1.82, 2.24) is 4.98 Å². The van der Waals surface area contributed by atoms with Gasteiger partial charge in [-0.1, -0.05) is 24.3 Å². The molecule has 1 aromatic heterocycles. The highest BCUT2D eigenvalue weighted by Gasteiger charge is 2.24. The molecule has 1 fully saturated rings. The van der Waals surface area contributed by atoms with Crippen molar-refractivity contribution in [2.75, 3.05) is 0 Å². The second-order valence-electron chi connectivity index (χ2n) is 5.12. The molecule has 0 aliphatic heterocycles. The highest BCUT2D eigenvalue weighted by Crippen LogP contribution is 2.40. The molecule has 1 aliphatic rings. The van der Waals surface area contributed by atoms with Gasteiger partial charge in [-0.15, -0.1) is 11.3 Å². The van der Waals surface area contributed by atoms with E-state index in [9.17, 15) is 0 Å². The number of nitrogens with two attached hydrogens (primary N) is 1. The Morgan fingerprint density at radius 1 is 1.33 bits per heavy atom. The number of benzene rings is 1. The fourth-order valence-corrected chi connectivity index (χ4v) is 3.15. The molecule has 1 atom stereocenters. The quantitative estimate of drug-likeness (QED) is 0.912. The molecule has 0 spiro atoms. The molecular formula is C15H18N2S. The first kappa shape index (κ1) is 11.9. The number of aromatic nitrogens is 1. The maximum absolute atomic E-state index is 6.34. The van der Waals surface area contributed by atoms with Crippen molar-refractivity contribution in [3.8, 4) is 0 Å². The van der Waals surface area contributed by atoms with Gasteiger partial charge in [0, 0.05) is 4.88 Å². The number of thiazole rings is 1. The third-order valence-corrected chi connectivity index (χ3v) is 4.79. The van der Waals surface area contributed by atoms with Crippen molar-refractivity contribution in [2.45, 2.75) is 38.6 Å². The highest BCUT2D eigenvalue weighted by atomic mass is 32.1. The van der Waals surface area contributed by atoms with Crippen LogP contribution in [0.3, 0.4) is 0 Å². The molecule has 1 heterocycles. The summed E-state index contributed by atoms with van der Waals surface area (Å²) in [5, 5.41) is 1.03. The lowest BCUT2D eigenvalue weighted by atomic mass is 10.0. The van der Waals surface area contributed by atoms with Crippen molar-refractivity contribution in [3.05, 3.63) is 51.0 Å². The third-order valence-electron chi connectivity index (χ3n) is 3.63. The molecule has 1 saturated carbocycles. The van der Waals surface area contributed by atoms with E-state index in [1.807, 2.05) is 6.92 Å². The van der Waals surface area contributed by atoms with Gasteiger partial charge in [-0.25, -0.2) is 4.98 Å². The molecule has 3 rings (SSSR count). The largest absolute Gasteiger partial charge is 0.318 e. The van der Waals surface area contributed by atoms with Crippen molar-refractivity contribution in [2.24, 2.45) is 5.73 Å². The smallest absolute Gasteiger partial charge is 0.114 e. The van der Waals surface area contributed by atoms with Crippen LogP contribution in [0, 0.1) is 13.8 Å². The summed E-state index contributed by atoms with van der Waals surface area (Å²) in [5.41, 5.74) is 10.1. The van der Waals surface area contributed by atoms with Crippen LogP contribution in [-0.2, 0) is 0 Å². The van der Waals surface area contributed by atoms with Gasteiger partial charge in [-0.2, -0.15) is 0 Å². The Hall–Kier alpha value is -1.19. The van der Waals surface area contributed by atoms with Crippen LogP contribution >= 0.6 is 11.3 Å². The van der Waals surface area contributed by atoms with Gasteiger partial charge < -0.3 is 5.73 Å². The Labute approximate surface area is 112 Å². The zero-order valence-electron chi connectivity index (χ0n) is 10.8. The maximum atomic E-state index is 6.34. The Morgan fingerprint density at radius 2 is 2.11 bits per heavy atom. The van der Waals surface area contributed by atoms with E-state index < -0.39 is 0 Å². The topological polar surface area (TPSA) is 38.9 Å². The van der Waals surface area contributed by atoms with E-state index in [-0.39, 0.29) is 6.04 Å². The van der Waals surface area contributed by atoms with Crippen LogP contribution in [0.4, 0.5) is 0 Å². The number of rotatable bonds is 3. The fourth-order valence-electron chi connectivity index (χ4n) is 2.20. The molecule has 2 aromatic rings. The number of nitrogens with zero attached hydrogens (tertiary/aromatic N) is 1. The second kappa shape index (κ2) is 4.48. The van der Waals surface area contributed by atoms with E-state index >= 15 is 0 Å². The zero-order valence-corrected chi connectivity index (χ0v) is 11.6. The Kier molecular flexibility index (Phi) is 2.96. The van der Waals surface area contributed by atoms with Gasteiger partial charge in [-0.05, 0) is 43.7 Å². The summed E-state index contributed by atoms with van der Waals surface area (Å²) in [6, 6.07) is 8.63. The zero-order chi connectivity index (χ0) is 12.7. The molecule has 1 aliphatic carbocycles. The first-order chi connectivity index (χ1) is 8.65. The molecule has 0 saturated heterocycles. The van der Waals surface area contributed by atoms with E-state index in [2.05, 4.69) is 36.2 Å². The molecule has 0 amide bonds. The summed E-state index contributed by atoms with van der Waals surface area (Å²) in [4.78, 5) is 5.83. The Morgan fingerprint density at radius 3 is 2.72 bits per heavy atom. The van der Waals surface area contributed by atoms with Gasteiger partial charge in [0.25, 0.3) is 0 Å². The Balaban J connectivity index is 1.91. The van der Waals surface area contributed by atoms with E-state index in [1.54, 1.807) is 11.3 Å². The number of hydrogen-bond acceptors (Lipinski definition) is 3. The SMILES string of the molecule is Cc1nc(C(N)c2cccc(C3CC3)c2)sc1C. The molecule has 0 radical (unpaired) electrons. The summed E-state index contributed by atoms with van der Waals surface area (Å²) < 4.78 is 0. The standard InChI is InChI=1S/C15H18N2S/c1-9-10(2)18-15(17-9)14(16)13-5-3-4-12(8-13)11-6-7-11/h3-5,8,11,14H,6-7,16H2,1-2H3. The molecule has 3 heteroatoms. The summed E-state index contributed by atoms with van der Waals surface area (Å²) in [6.45, 7) is 4.15. The van der Waals surface area contributed by atoms with Gasteiger partial charge in [0.1, 0.15) is 5.01 Å². The molecule has 2 nitrogen and oxygen atoms in total. The first-order valence-electron chi connectivity index (χ1n) is 6.44. The lowest BCUT2D eigenvalue weighted by molar-refractivity contribution is 0.848. The van der Waals surface area contributed by atoms with E-state index in [1.165, 1.54) is 28.8 Å². The Bertz CT molecular complexity index is 550. The first-order valence-corrected chi connectivity index (χ1v) is 7.26. The lowest BCUT2D eigenvalue weighted by Crippen LogP contribution is -2.11. The van der Waals surface area contributed by atoms with Crippen molar-refractivity contribution >= 4 is 11.3 Å². The molecule has 0 bridgehead atoms. The predicted molar refractivity (Wildman–Crippen MR) is 76.0 cm³/mol. The minimum atomic E-state index is -0.0823. The van der Waals surface area contributed by atoms with Crippen LogP contribution in [0.15, 0.2) is 24.3 Å². The van der Waals surface area contributed by atoms with E-state index in [4.69, 9.17) is 5.73 Å². The van der Waals surface area contributed by atoms with Crippen LogP contribution in [0.2, 0.25) is 0 Å². The van der Waals surface area contributed by atoms with E-state index in [0.717, 1.165) is 16.6 Å². The molecule has 18 heavy (non-hydrogen) atoms. The van der Waals surface area contributed by atoms with E-state index in [0.29, 0.717) is 0 Å². The van der Waals surface area contributed by atoms with Crippen molar-refractivity contribution in [3.63, 3.8) is 0 Å². The van der Waals surface area contributed by atoms with Crippen LogP contribution < -0.4 is 5.73 Å². The van der Waals surface area contributed by atoms with Gasteiger partial charge in [0.05, 0.1) is 11.7 Å². The number of aryl methyl sites for hydroxylation is 2. The highest BCUT2D eigenvalue weighted by molar-refractivity contribution is 7.11.